The van der Waals surface area contributed by atoms with Gasteiger partial charge >= 0.3 is 0 Å². The Kier molecular flexibility index (Phi) is 3.39. The fourth-order valence-electron chi connectivity index (χ4n) is 1.73. The van der Waals surface area contributed by atoms with Crippen LogP contribution in [0.1, 0.15) is 25.3 Å². The topological polar surface area (TPSA) is 38.9 Å². The van der Waals surface area contributed by atoms with Gasteiger partial charge in [-0.05, 0) is 23.6 Å². The smallest absolute Gasteiger partial charge is 0.127 e. The Balaban J connectivity index is 2.88. The average molecular weight is 290 g/mol. The van der Waals surface area contributed by atoms with Crippen LogP contribution in [0.5, 0.6) is 0 Å². The van der Waals surface area contributed by atoms with Crippen molar-refractivity contribution in [3.8, 4) is 0 Å². The van der Waals surface area contributed by atoms with E-state index in [1.165, 1.54) is 0 Å². The summed E-state index contributed by atoms with van der Waals surface area (Å²) in [5.41, 5.74) is 7.43. The number of nitrogen functional groups attached to an aromatic ring is 1. The molecule has 5 heteroatoms. The molecule has 90 valence electrons. The monoisotopic (exact) mass is 288 g/mol. The molecule has 0 spiro atoms. The second-order valence-electron chi connectivity index (χ2n) is 4.17. The first kappa shape index (κ1) is 12.7. The highest BCUT2D eigenvalue weighted by atomic mass is 35.5. The molecule has 17 heavy (non-hydrogen) atoms. The van der Waals surface area contributed by atoms with Crippen molar-refractivity contribution >= 4 is 51.5 Å². The number of aromatic nitrogens is 1. The van der Waals surface area contributed by atoms with Crippen LogP contribution in [0.25, 0.3) is 10.9 Å². The normalized spacial score (nSPS) is 11.4. The lowest BCUT2D eigenvalue weighted by atomic mass is 10.0. The molecule has 2 aromatic rings. The minimum Gasteiger partial charge on any atom is -0.383 e. The quantitative estimate of drug-likeness (QED) is 0.758. The molecular formula is C12H11Cl3N2. The van der Waals surface area contributed by atoms with Gasteiger partial charge in [-0.15, -0.1) is 0 Å². The van der Waals surface area contributed by atoms with Crippen LogP contribution in [0, 0.1) is 0 Å². The van der Waals surface area contributed by atoms with Gasteiger partial charge in [-0.1, -0.05) is 48.7 Å². The van der Waals surface area contributed by atoms with Gasteiger partial charge in [-0.25, -0.2) is 4.98 Å². The van der Waals surface area contributed by atoms with Crippen LogP contribution in [0.15, 0.2) is 12.1 Å². The second kappa shape index (κ2) is 4.52. The molecule has 0 bridgehead atoms. The highest BCUT2D eigenvalue weighted by molar-refractivity contribution is 6.47. The van der Waals surface area contributed by atoms with E-state index in [9.17, 15) is 0 Å². The van der Waals surface area contributed by atoms with Gasteiger partial charge in [0.1, 0.15) is 5.82 Å². The third-order valence-electron chi connectivity index (χ3n) is 2.63. The van der Waals surface area contributed by atoms with Crippen molar-refractivity contribution in [2.45, 2.75) is 19.8 Å². The van der Waals surface area contributed by atoms with Crippen molar-refractivity contribution in [3.63, 3.8) is 0 Å². The number of rotatable bonds is 1. The van der Waals surface area contributed by atoms with Crippen LogP contribution in [-0.4, -0.2) is 4.98 Å². The molecule has 2 N–H and O–H groups in total. The summed E-state index contributed by atoms with van der Waals surface area (Å²) in [6.45, 7) is 4.08. The maximum atomic E-state index is 6.16. The maximum absolute atomic E-state index is 6.16. The van der Waals surface area contributed by atoms with E-state index >= 15 is 0 Å². The van der Waals surface area contributed by atoms with Crippen LogP contribution in [0.2, 0.25) is 15.1 Å². The van der Waals surface area contributed by atoms with Crippen molar-refractivity contribution in [1.29, 1.82) is 0 Å². The van der Waals surface area contributed by atoms with Gasteiger partial charge in [0.15, 0.2) is 0 Å². The van der Waals surface area contributed by atoms with E-state index in [1.807, 2.05) is 19.9 Å². The van der Waals surface area contributed by atoms with Gasteiger partial charge in [-0.3, -0.25) is 0 Å². The number of halogens is 3. The SMILES string of the molecule is CC(C)c1cc2c(Cl)c(Cl)cc(Cl)c2nc1N. The van der Waals surface area contributed by atoms with Crippen LogP contribution in [0.4, 0.5) is 5.82 Å². The molecule has 1 heterocycles. The molecule has 0 aliphatic carbocycles. The lowest BCUT2D eigenvalue weighted by molar-refractivity contribution is 0.866. The summed E-state index contributed by atoms with van der Waals surface area (Å²) in [5.74, 6) is 0.744. The van der Waals surface area contributed by atoms with E-state index in [0.29, 0.717) is 26.4 Å². The molecule has 0 saturated carbocycles. The van der Waals surface area contributed by atoms with Crippen LogP contribution >= 0.6 is 34.8 Å². The standard InChI is InChI=1S/C12H11Cl3N2/c1-5(2)6-3-7-10(15)8(13)4-9(14)11(7)17-12(6)16/h3-5H,1-2H3,(H2,16,17). The zero-order valence-electron chi connectivity index (χ0n) is 9.39. The Morgan fingerprint density at radius 1 is 1.12 bits per heavy atom. The summed E-state index contributed by atoms with van der Waals surface area (Å²) < 4.78 is 0. The van der Waals surface area contributed by atoms with Crippen molar-refractivity contribution in [3.05, 3.63) is 32.8 Å². The minimum atomic E-state index is 0.265. The summed E-state index contributed by atoms with van der Waals surface area (Å²) in [5, 5.41) is 2.07. The van der Waals surface area contributed by atoms with E-state index in [4.69, 9.17) is 40.5 Å². The Morgan fingerprint density at radius 2 is 1.76 bits per heavy atom. The zero-order chi connectivity index (χ0) is 12.7. The molecule has 2 nitrogen and oxygen atoms in total. The first-order valence-corrected chi connectivity index (χ1v) is 6.28. The summed E-state index contributed by atoms with van der Waals surface area (Å²) in [6, 6.07) is 3.48. The molecule has 0 saturated heterocycles. The van der Waals surface area contributed by atoms with Crippen molar-refractivity contribution in [2.24, 2.45) is 0 Å². The number of hydrogen-bond acceptors (Lipinski definition) is 2. The number of nitrogens with two attached hydrogens (primary N) is 1. The van der Waals surface area contributed by atoms with E-state index in [1.54, 1.807) is 6.07 Å². The molecule has 0 fully saturated rings. The molecular weight excluding hydrogens is 279 g/mol. The van der Waals surface area contributed by atoms with Crippen molar-refractivity contribution < 1.29 is 0 Å². The highest BCUT2D eigenvalue weighted by Gasteiger charge is 2.14. The largest absolute Gasteiger partial charge is 0.383 e. The molecule has 0 atom stereocenters. The maximum Gasteiger partial charge on any atom is 0.127 e. The van der Waals surface area contributed by atoms with Gasteiger partial charge in [0.05, 0.1) is 20.6 Å². The first-order valence-electron chi connectivity index (χ1n) is 5.15. The van der Waals surface area contributed by atoms with E-state index in [-0.39, 0.29) is 5.92 Å². The summed E-state index contributed by atoms with van der Waals surface area (Å²) in [6.07, 6.45) is 0. The number of fused-ring (bicyclic) bond motifs is 1. The average Bonchev–Trinajstić information content (AvgIpc) is 2.25. The third-order valence-corrected chi connectivity index (χ3v) is 3.72. The number of hydrogen-bond donors (Lipinski definition) is 1. The van der Waals surface area contributed by atoms with Gasteiger partial charge < -0.3 is 5.73 Å². The van der Waals surface area contributed by atoms with Crippen LogP contribution in [-0.2, 0) is 0 Å². The van der Waals surface area contributed by atoms with Crippen molar-refractivity contribution in [1.82, 2.24) is 4.98 Å². The van der Waals surface area contributed by atoms with E-state index < -0.39 is 0 Å². The minimum absolute atomic E-state index is 0.265. The molecule has 0 amide bonds. The van der Waals surface area contributed by atoms with Crippen molar-refractivity contribution in [2.75, 3.05) is 5.73 Å². The lowest BCUT2D eigenvalue weighted by Gasteiger charge is -2.12. The van der Waals surface area contributed by atoms with Gasteiger partial charge in [0, 0.05) is 5.39 Å². The Labute approximate surface area is 115 Å². The molecule has 0 aliphatic heterocycles. The highest BCUT2D eigenvalue weighted by Crippen LogP contribution is 2.37. The second-order valence-corrected chi connectivity index (χ2v) is 5.36. The number of benzene rings is 1. The Hall–Kier alpha value is -0.700. The fourth-order valence-corrected chi connectivity index (χ4v) is 2.44. The molecule has 1 aromatic heterocycles. The van der Waals surface area contributed by atoms with E-state index in [2.05, 4.69) is 4.98 Å². The summed E-state index contributed by atoms with van der Waals surface area (Å²) in [4.78, 5) is 4.30. The predicted octanol–water partition coefficient (Wildman–Crippen LogP) is 4.90. The van der Waals surface area contributed by atoms with E-state index in [0.717, 1.165) is 10.9 Å². The van der Waals surface area contributed by atoms with Gasteiger partial charge in [-0.2, -0.15) is 0 Å². The Morgan fingerprint density at radius 3 is 2.35 bits per heavy atom. The molecule has 2 rings (SSSR count). The fraction of sp³-hybridized carbons (Fsp3) is 0.250. The number of nitrogens with zero attached hydrogens (tertiary/aromatic N) is 1. The molecule has 0 radical (unpaired) electrons. The lowest BCUT2D eigenvalue weighted by Crippen LogP contribution is -2.00. The van der Waals surface area contributed by atoms with Crippen LogP contribution in [0.3, 0.4) is 0 Å². The predicted molar refractivity (Wildman–Crippen MR) is 75.3 cm³/mol. The third kappa shape index (κ3) is 2.17. The Bertz CT molecular complexity index is 594. The van der Waals surface area contributed by atoms with Crippen LogP contribution < -0.4 is 5.73 Å². The molecule has 0 aliphatic rings. The first-order chi connectivity index (χ1) is 7.91. The summed E-state index contributed by atoms with van der Waals surface area (Å²) >= 11 is 18.2. The molecule has 1 aromatic carbocycles. The zero-order valence-corrected chi connectivity index (χ0v) is 11.7. The number of anilines is 1. The summed E-state index contributed by atoms with van der Waals surface area (Å²) in [7, 11) is 0. The van der Waals surface area contributed by atoms with Gasteiger partial charge in [0.2, 0.25) is 0 Å². The number of pyridine rings is 1. The molecule has 0 unspecified atom stereocenters. The van der Waals surface area contributed by atoms with Gasteiger partial charge in [0.25, 0.3) is 0 Å².